The van der Waals surface area contributed by atoms with Crippen LogP contribution >= 0.6 is 0 Å². The molecule has 1 fully saturated rings. The summed E-state index contributed by atoms with van der Waals surface area (Å²) in [5.74, 6) is -1.07. The molecule has 1 aliphatic heterocycles. The minimum Gasteiger partial charge on any atom is -0.458 e. The van der Waals surface area contributed by atoms with Gasteiger partial charge in [-0.1, -0.05) is 12.7 Å². The van der Waals surface area contributed by atoms with E-state index >= 15 is 0 Å². The molecule has 1 heterocycles. The maximum atomic E-state index is 11.6. The zero-order valence-corrected chi connectivity index (χ0v) is 10.0. The van der Waals surface area contributed by atoms with Crippen molar-refractivity contribution in [3.05, 3.63) is 48.0 Å². The zero-order chi connectivity index (χ0) is 13.7. The highest BCUT2D eigenvalue weighted by Gasteiger charge is 2.24. The minimum absolute atomic E-state index is 0.117. The van der Waals surface area contributed by atoms with E-state index < -0.39 is 18.4 Å². The van der Waals surface area contributed by atoms with Gasteiger partial charge in [-0.25, -0.2) is 9.59 Å². The molecule has 100 valence electrons. The summed E-state index contributed by atoms with van der Waals surface area (Å²) in [4.78, 5) is 23.1. The minimum atomic E-state index is -0.940. The summed E-state index contributed by atoms with van der Waals surface area (Å²) < 4.78 is 19.2. The van der Waals surface area contributed by atoms with Crippen molar-refractivity contribution in [3.8, 4) is 0 Å². The third kappa shape index (κ3) is 3.40. The number of rotatable bonds is 5. The first-order chi connectivity index (χ1) is 9.20. The highest BCUT2D eigenvalue weighted by Crippen LogP contribution is 2.13. The lowest BCUT2D eigenvalue weighted by atomic mass is 10.1. The summed E-state index contributed by atoms with van der Waals surface area (Å²) in [6, 6.07) is 5.88. The number of esters is 2. The summed E-state index contributed by atoms with van der Waals surface area (Å²) in [6.45, 7) is 2.76. The van der Waals surface area contributed by atoms with Crippen molar-refractivity contribution in [2.75, 3.05) is 13.4 Å². The van der Waals surface area contributed by atoms with Crippen molar-refractivity contribution in [1.82, 2.24) is 0 Å². The Bertz CT molecular complexity index is 474. The van der Waals surface area contributed by atoms with Gasteiger partial charge in [-0.3, -0.25) is 9.47 Å². The van der Waals surface area contributed by atoms with Crippen LogP contribution in [0.5, 0.6) is 0 Å². The van der Waals surface area contributed by atoms with Crippen LogP contribution in [0.1, 0.15) is 20.7 Å². The lowest BCUT2D eigenvalue weighted by molar-refractivity contribution is -0.402. The van der Waals surface area contributed by atoms with Gasteiger partial charge in [-0.2, -0.15) is 0 Å². The smallest absolute Gasteiger partial charge is 0.342 e. The molecule has 6 heteroatoms. The first kappa shape index (κ1) is 13.3. The van der Waals surface area contributed by atoms with Gasteiger partial charge in [-0.05, 0) is 24.3 Å². The second kappa shape index (κ2) is 6.12. The summed E-state index contributed by atoms with van der Waals surface area (Å²) >= 11 is 0. The molecular formula is C13H12O6. The van der Waals surface area contributed by atoms with Crippen LogP contribution in [0.4, 0.5) is 0 Å². The van der Waals surface area contributed by atoms with E-state index in [0.717, 1.165) is 0 Å². The molecule has 2 rings (SSSR count). The molecule has 1 aromatic carbocycles. The molecule has 6 nitrogen and oxygen atoms in total. The van der Waals surface area contributed by atoms with E-state index in [1.165, 1.54) is 30.3 Å². The number of hydrogen-bond acceptors (Lipinski definition) is 6. The van der Waals surface area contributed by atoms with Gasteiger partial charge in [0.1, 0.15) is 6.61 Å². The van der Waals surface area contributed by atoms with Gasteiger partial charge in [0.2, 0.25) is 0 Å². The van der Waals surface area contributed by atoms with Crippen LogP contribution in [-0.4, -0.2) is 31.8 Å². The molecule has 0 radical (unpaired) electrons. The highest BCUT2D eigenvalue weighted by molar-refractivity contribution is 5.93. The molecule has 0 atom stereocenters. The molecule has 0 spiro atoms. The van der Waals surface area contributed by atoms with Gasteiger partial charge >= 0.3 is 18.4 Å². The number of ether oxygens (including phenoxy) is 4. The van der Waals surface area contributed by atoms with E-state index in [0.29, 0.717) is 11.1 Å². The highest BCUT2D eigenvalue weighted by atomic mass is 17.0. The average Bonchev–Trinajstić information content (AvgIpc) is 2.40. The van der Waals surface area contributed by atoms with Crippen molar-refractivity contribution in [1.29, 1.82) is 0 Å². The second-order valence-electron chi connectivity index (χ2n) is 3.61. The van der Waals surface area contributed by atoms with E-state index in [1.807, 2.05) is 0 Å². The largest absolute Gasteiger partial charge is 0.458 e. The summed E-state index contributed by atoms with van der Waals surface area (Å²) in [5.41, 5.74) is 0.633. The molecule has 1 saturated heterocycles. The molecule has 1 aromatic rings. The maximum absolute atomic E-state index is 11.6. The van der Waals surface area contributed by atoms with Crippen LogP contribution < -0.4 is 0 Å². The molecule has 0 unspecified atom stereocenters. The van der Waals surface area contributed by atoms with E-state index in [-0.39, 0.29) is 13.4 Å². The van der Waals surface area contributed by atoms with Gasteiger partial charge in [0.15, 0.2) is 6.79 Å². The first-order valence-corrected chi connectivity index (χ1v) is 5.53. The number of hydrogen-bond donors (Lipinski definition) is 0. The van der Waals surface area contributed by atoms with Crippen molar-refractivity contribution >= 4 is 11.9 Å². The van der Waals surface area contributed by atoms with E-state index in [9.17, 15) is 9.59 Å². The Morgan fingerprint density at radius 2 is 1.79 bits per heavy atom. The average molecular weight is 264 g/mol. The van der Waals surface area contributed by atoms with E-state index in [4.69, 9.17) is 18.9 Å². The normalized spacial score (nSPS) is 14.3. The predicted octanol–water partition coefficient (Wildman–Crippen LogP) is 1.47. The second-order valence-corrected chi connectivity index (χ2v) is 3.61. The number of carbonyl (C=O) groups excluding carboxylic acids is 2. The van der Waals surface area contributed by atoms with Crippen molar-refractivity contribution in [2.45, 2.75) is 6.48 Å². The van der Waals surface area contributed by atoms with Crippen LogP contribution in [0, 0.1) is 0 Å². The molecule has 0 amide bonds. The molecule has 0 saturated carbocycles. The number of carbonyl (C=O) groups is 2. The Kier molecular flexibility index (Phi) is 4.27. The third-order valence-corrected chi connectivity index (χ3v) is 2.30. The Balaban J connectivity index is 1.94. The molecule has 19 heavy (non-hydrogen) atoms. The molecular weight excluding hydrogens is 252 g/mol. The van der Waals surface area contributed by atoms with Gasteiger partial charge in [0, 0.05) is 0 Å². The molecule has 0 N–H and O–H groups in total. The van der Waals surface area contributed by atoms with E-state index in [1.54, 1.807) is 0 Å². The molecule has 1 aliphatic rings. The van der Waals surface area contributed by atoms with E-state index in [2.05, 4.69) is 6.58 Å². The van der Waals surface area contributed by atoms with Crippen LogP contribution in [0.3, 0.4) is 0 Å². The lowest BCUT2D eigenvalue weighted by Crippen LogP contribution is -2.35. The third-order valence-electron chi connectivity index (χ3n) is 2.30. The maximum Gasteiger partial charge on any atom is 0.342 e. The fourth-order valence-corrected chi connectivity index (χ4v) is 1.31. The quantitative estimate of drug-likeness (QED) is 0.592. The van der Waals surface area contributed by atoms with Crippen LogP contribution in [0.25, 0.3) is 0 Å². The Morgan fingerprint density at radius 1 is 1.21 bits per heavy atom. The molecule has 0 aromatic heterocycles. The topological polar surface area (TPSA) is 71.1 Å². The Morgan fingerprint density at radius 3 is 2.26 bits per heavy atom. The van der Waals surface area contributed by atoms with Crippen LogP contribution in [-0.2, 0) is 18.9 Å². The fraction of sp³-hybridized carbons (Fsp3) is 0.231. The monoisotopic (exact) mass is 264 g/mol. The van der Waals surface area contributed by atoms with Gasteiger partial charge < -0.3 is 9.47 Å². The first-order valence-electron chi connectivity index (χ1n) is 5.53. The van der Waals surface area contributed by atoms with Crippen molar-refractivity contribution < 1.29 is 28.5 Å². The number of benzene rings is 1. The lowest BCUT2D eigenvalue weighted by Gasteiger charge is -2.25. The van der Waals surface area contributed by atoms with Crippen molar-refractivity contribution in [3.63, 3.8) is 0 Å². The standard InChI is InChI=1S/C13H12O6/c1-2-7-16-11(14)9-3-5-10(6-4-9)12(15)19-13-17-8-18-13/h2-6,13H,1,7-8H2. The van der Waals surface area contributed by atoms with Gasteiger partial charge in [0.25, 0.3) is 0 Å². The Labute approximate surface area is 109 Å². The molecule has 0 aliphatic carbocycles. The summed E-state index contributed by atoms with van der Waals surface area (Å²) in [6.07, 6.45) is 1.47. The van der Waals surface area contributed by atoms with Crippen molar-refractivity contribution in [2.24, 2.45) is 0 Å². The fourth-order valence-electron chi connectivity index (χ4n) is 1.31. The van der Waals surface area contributed by atoms with Crippen LogP contribution in [0.15, 0.2) is 36.9 Å². The SMILES string of the molecule is C=CCOC(=O)c1ccc(C(=O)OC2OCO2)cc1. The summed E-state index contributed by atoms with van der Waals surface area (Å²) in [7, 11) is 0. The van der Waals surface area contributed by atoms with Gasteiger partial charge in [-0.15, -0.1) is 0 Å². The van der Waals surface area contributed by atoms with Gasteiger partial charge in [0.05, 0.1) is 11.1 Å². The van der Waals surface area contributed by atoms with Crippen LogP contribution in [0.2, 0.25) is 0 Å². The predicted molar refractivity (Wildman–Crippen MR) is 63.2 cm³/mol. The molecule has 0 bridgehead atoms. The Hall–Kier alpha value is -2.18. The zero-order valence-electron chi connectivity index (χ0n) is 10.0. The summed E-state index contributed by atoms with van der Waals surface area (Å²) in [5, 5.41) is 0.